The molecule has 0 radical (unpaired) electrons. The number of hydrogen-bond donors (Lipinski definition) is 2. The van der Waals surface area contributed by atoms with E-state index in [4.69, 9.17) is 5.73 Å². The van der Waals surface area contributed by atoms with E-state index in [1.165, 1.54) is 12.8 Å². The van der Waals surface area contributed by atoms with E-state index in [2.05, 4.69) is 23.5 Å². The minimum absolute atomic E-state index is 0.104. The van der Waals surface area contributed by atoms with Crippen molar-refractivity contribution >= 4 is 22.2 Å². The predicted octanol–water partition coefficient (Wildman–Crippen LogP) is 3.72. The zero-order chi connectivity index (χ0) is 14.8. The first-order valence-corrected chi connectivity index (χ1v) is 7.70. The highest BCUT2D eigenvalue weighted by atomic mass is 16.1. The van der Waals surface area contributed by atoms with E-state index in [9.17, 15) is 4.79 Å². The summed E-state index contributed by atoms with van der Waals surface area (Å²) < 4.78 is 0. The lowest BCUT2D eigenvalue weighted by Crippen LogP contribution is -2.42. The minimum atomic E-state index is 0.104. The maximum Gasteiger partial charge on any atom is 0.159 e. The molecule has 2 aromatic rings. The van der Waals surface area contributed by atoms with Crippen LogP contribution < -0.4 is 11.1 Å². The van der Waals surface area contributed by atoms with E-state index in [0.717, 1.165) is 34.9 Å². The Hall–Kier alpha value is -1.87. The molecule has 110 valence electrons. The zero-order valence-electron chi connectivity index (χ0n) is 12.4. The van der Waals surface area contributed by atoms with Crippen molar-refractivity contribution in [2.45, 2.75) is 44.7 Å². The number of nitrogens with two attached hydrogens (primary N) is 1. The summed E-state index contributed by atoms with van der Waals surface area (Å²) in [5.41, 5.74) is 8.07. The fraction of sp³-hybridized carbons (Fsp3) is 0.389. The van der Waals surface area contributed by atoms with Crippen molar-refractivity contribution in [3.8, 4) is 0 Å². The lowest BCUT2D eigenvalue weighted by molar-refractivity contribution is 0.101. The Morgan fingerprint density at radius 3 is 2.57 bits per heavy atom. The number of ketones is 1. The molecule has 0 aromatic heterocycles. The van der Waals surface area contributed by atoms with E-state index in [0.29, 0.717) is 6.04 Å². The molecule has 0 aliphatic heterocycles. The Kier molecular flexibility index (Phi) is 3.93. The fourth-order valence-electron chi connectivity index (χ4n) is 3.11. The molecule has 2 aromatic carbocycles. The van der Waals surface area contributed by atoms with Gasteiger partial charge in [-0.1, -0.05) is 31.0 Å². The number of carbonyl (C=O) groups is 1. The van der Waals surface area contributed by atoms with E-state index >= 15 is 0 Å². The van der Waals surface area contributed by atoms with Crippen LogP contribution in [0.4, 0.5) is 5.69 Å². The molecular formula is C18H22N2O. The fourth-order valence-corrected chi connectivity index (χ4v) is 3.11. The van der Waals surface area contributed by atoms with Gasteiger partial charge >= 0.3 is 0 Å². The number of benzene rings is 2. The predicted molar refractivity (Wildman–Crippen MR) is 87.8 cm³/mol. The third-order valence-corrected chi connectivity index (χ3v) is 4.42. The standard InChI is InChI=1S/C18H22N2O/c1-12(21)13-6-7-15-11-16(9-8-14(15)10-13)20-18-5-3-2-4-17(18)19/h6-11,17-18,20H,2-5,19H2,1H3/t17-,18-/m0/s1. The van der Waals surface area contributed by atoms with Crippen molar-refractivity contribution in [3.63, 3.8) is 0 Å². The third kappa shape index (κ3) is 3.08. The highest BCUT2D eigenvalue weighted by molar-refractivity contribution is 5.99. The number of anilines is 1. The van der Waals surface area contributed by atoms with Crippen LogP contribution in [0.15, 0.2) is 36.4 Å². The van der Waals surface area contributed by atoms with Gasteiger partial charge < -0.3 is 11.1 Å². The number of nitrogens with one attached hydrogen (secondary N) is 1. The second-order valence-corrected chi connectivity index (χ2v) is 6.03. The minimum Gasteiger partial charge on any atom is -0.381 e. The van der Waals surface area contributed by atoms with Crippen LogP contribution in [0.3, 0.4) is 0 Å². The van der Waals surface area contributed by atoms with Gasteiger partial charge in [-0.2, -0.15) is 0 Å². The molecule has 3 rings (SSSR count). The van der Waals surface area contributed by atoms with Crippen LogP contribution in [0.25, 0.3) is 10.8 Å². The molecule has 0 heterocycles. The van der Waals surface area contributed by atoms with E-state index in [1.54, 1.807) is 6.92 Å². The van der Waals surface area contributed by atoms with Crippen LogP contribution in [0.5, 0.6) is 0 Å². The second-order valence-electron chi connectivity index (χ2n) is 6.03. The first-order chi connectivity index (χ1) is 10.1. The molecule has 3 heteroatoms. The normalized spacial score (nSPS) is 22.2. The third-order valence-electron chi connectivity index (χ3n) is 4.42. The SMILES string of the molecule is CC(=O)c1ccc2cc(N[C@H]3CCCC[C@@H]3N)ccc2c1. The number of Topliss-reactive ketones (excluding diaryl/α,β-unsaturated/α-hetero) is 1. The largest absolute Gasteiger partial charge is 0.381 e. The summed E-state index contributed by atoms with van der Waals surface area (Å²) in [4.78, 5) is 11.4. The first-order valence-electron chi connectivity index (χ1n) is 7.70. The van der Waals surface area contributed by atoms with Crippen molar-refractivity contribution in [1.29, 1.82) is 0 Å². The Bertz CT molecular complexity index is 665. The van der Waals surface area contributed by atoms with E-state index in [1.807, 2.05) is 18.2 Å². The van der Waals surface area contributed by atoms with Gasteiger partial charge in [-0.3, -0.25) is 4.79 Å². The van der Waals surface area contributed by atoms with Crippen molar-refractivity contribution in [1.82, 2.24) is 0 Å². The first kappa shape index (κ1) is 14.1. The van der Waals surface area contributed by atoms with Gasteiger partial charge in [-0.05, 0) is 48.7 Å². The van der Waals surface area contributed by atoms with Gasteiger partial charge in [0.25, 0.3) is 0 Å². The summed E-state index contributed by atoms with van der Waals surface area (Å²) in [6, 6.07) is 12.8. The van der Waals surface area contributed by atoms with Crippen molar-refractivity contribution in [2.24, 2.45) is 5.73 Å². The van der Waals surface area contributed by atoms with Gasteiger partial charge in [0.2, 0.25) is 0 Å². The van der Waals surface area contributed by atoms with Gasteiger partial charge in [-0.25, -0.2) is 0 Å². The number of rotatable bonds is 3. The zero-order valence-corrected chi connectivity index (χ0v) is 12.4. The average Bonchev–Trinajstić information content (AvgIpc) is 2.49. The second kappa shape index (κ2) is 5.86. The smallest absolute Gasteiger partial charge is 0.159 e. The van der Waals surface area contributed by atoms with Crippen molar-refractivity contribution < 1.29 is 4.79 Å². The maximum absolute atomic E-state index is 11.4. The molecule has 0 unspecified atom stereocenters. The highest BCUT2D eigenvalue weighted by Crippen LogP contribution is 2.24. The molecule has 3 N–H and O–H groups in total. The Morgan fingerprint density at radius 1 is 1.10 bits per heavy atom. The lowest BCUT2D eigenvalue weighted by Gasteiger charge is -2.30. The molecule has 1 aliphatic carbocycles. The molecule has 21 heavy (non-hydrogen) atoms. The van der Waals surface area contributed by atoms with Crippen molar-refractivity contribution in [3.05, 3.63) is 42.0 Å². The lowest BCUT2D eigenvalue weighted by atomic mass is 9.91. The Balaban J connectivity index is 1.84. The van der Waals surface area contributed by atoms with Gasteiger partial charge in [-0.15, -0.1) is 0 Å². The topological polar surface area (TPSA) is 55.1 Å². The molecule has 1 aliphatic rings. The van der Waals surface area contributed by atoms with Gasteiger partial charge in [0, 0.05) is 23.3 Å². The quantitative estimate of drug-likeness (QED) is 0.843. The average molecular weight is 282 g/mol. The summed E-state index contributed by atoms with van der Waals surface area (Å²) in [5.74, 6) is 0.104. The van der Waals surface area contributed by atoms with Crippen molar-refractivity contribution in [2.75, 3.05) is 5.32 Å². The van der Waals surface area contributed by atoms with Crippen LogP contribution in [-0.4, -0.2) is 17.9 Å². The summed E-state index contributed by atoms with van der Waals surface area (Å²) in [6.45, 7) is 1.60. The summed E-state index contributed by atoms with van der Waals surface area (Å²) in [5, 5.41) is 5.81. The van der Waals surface area contributed by atoms with Gasteiger partial charge in [0.1, 0.15) is 0 Å². The van der Waals surface area contributed by atoms with Crippen LogP contribution in [0, 0.1) is 0 Å². The molecule has 3 nitrogen and oxygen atoms in total. The van der Waals surface area contributed by atoms with Crippen LogP contribution in [0.2, 0.25) is 0 Å². The molecule has 0 saturated heterocycles. The van der Waals surface area contributed by atoms with Gasteiger partial charge in [0.05, 0.1) is 0 Å². The maximum atomic E-state index is 11.4. The molecule has 2 atom stereocenters. The molecule has 0 bridgehead atoms. The van der Waals surface area contributed by atoms with Crippen LogP contribution in [0.1, 0.15) is 43.0 Å². The molecule has 1 fully saturated rings. The van der Waals surface area contributed by atoms with E-state index < -0.39 is 0 Å². The van der Waals surface area contributed by atoms with Crippen LogP contribution >= 0.6 is 0 Å². The summed E-state index contributed by atoms with van der Waals surface area (Å²) in [6.07, 6.45) is 4.74. The van der Waals surface area contributed by atoms with Crippen LogP contribution in [-0.2, 0) is 0 Å². The summed E-state index contributed by atoms with van der Waals surface area (Å²) >= 11 is 0. The highest BCUT2D eigenvalue weighted by Gasteiger charge is 2.21. The molecule has 0 amide bonds. The molecular weight excluding hydrogens is 260 g/mol. The van der Waals surface area contributed by atoms with E-state index in [-0.39, 0.29) is 11.8 Å². The van der Waals surface area contributed by atoms with Gasteiger partial charge in [0.15, 0.2) is 5.78 Å². The number of carbonyl (C=O) groups excluding carboxylic acids is 1. The number of hydrogen-bond acceptors (Lipinski definition) is 3. The summed E-state index contributed by atoms with van der Waals surface area (Å²) in [7, 11) is 0. The Labute approximate surface area is 125 Å². The monoisotopic (exact) mass is 282 g/mol. The Morgan fingerprint density at radius 2 is 1.81 bits per heavy atom. The number of fused-ring (bicyclic) bond motifs is 1. The molecule has 1 saturated carbocycles. The molecule has 0 spiro atoms.